The molecule has 4 aliphatic carbocycles. The number of nitrogens with zero attached hydrogens (tertiary/aromatic N) is 1. The molecule has 4 saturated carbocycles. The fourth-order valence-corrected chi connectivity index (χ4v) is 9.72. The highest BCUT2D eigenvalue weighted by Crippen LogP contribution is 2.68. The maximum absolute atomic E-state index is 12.6. The van der Waals surface area contributed by atoms with Crippen LogP contribution in [0, 0.1) is 46.3 Å². The van der Waals surface area contributed by atoms with Gasteiger partial charge in [0, 0.05) is 6.42 Å². The SMILES string of the molecule is C=CC[N+](C)(C)CCNC(=O)CC[C@@H](C)[C@H]1CCC2C3C(O)CC4C[C@H](O)CC[C@]4(C)C3C[C@H](O)[C@@]21C. The molecule has 0 aromatic heterocycles. The molecule has 4 aliphatic rings. The number of fused-ring (bicyclic) bond motifs is 5. The molecule has 0 radical (unpaired) electrons. The van der Waals surface area contributed by atoms with Crippen LogP contribution in [0.15, 0.2) is 12.7 Å². The Labute approximate surface area is 225 Å². The zero-order valence-electron chi connectivity index (χ0n) is 24.2. The van der Waals surface area contributed by atoms with Crippen molar-refractivity contribution in [3.05, 3.63) is 12.7 Å². The number of aliphatic hydroxyl groups excluding tert-OH is 3. The molecular weight excluding hydrogens is 464 g/mol. The van der Waals surface area contributed by atoms with Gasteiger partial charge >= 0.3 is 0 Å². The Morgan fingerprint density at radius 1 is 1.11 bits per heavy atom. The van der Waals surface area contributed by atoms with Crippen LogP contribution >= 0.6 is 0 Å². The van der Waals surface area contributed by atoms with Crippen LogP contribution in [0.1, 0.15) is 78.6 Å². The number of nitrogens with one attached hydrogen (secondary N) is 1. The van der Waals surface area contributed by atoms with E-state index in [1.54, 1.807) is 0 Å². The summed E-state index contributed by atoms with van der Waals surface area (Å²) >= 11 is 0. The molecule has 0 bridgehead atoms. The van der Waals surface area contributed by atoms with Crippen LogP contribution in [0.2, 0.25) is 0 Å². The van der Waals surface area contributed by atoms with Gasteiger partial charge in [-0.1, -0.05) is 27.4 Å². The summed E-state index contributed by atoms with van der Waals surface area (Å²) in [6.07, 6.45) is 8.66. The van der Waals surface area contributed by atoms with Gasteiger partial charge < -0.3 is 25.1 Å². The lowest BCUT2D eigenvalue weighted by atomic mass is 9.43. The molecule has 11 atom stereocenters. The van der Waals surface area contributed by atoms with Gasteiger partial charge in [-0.15, -0.1) is 0 Å². The summed E-state index contributed by atoms with van der Waals surface area (Å²) in [4.78, 5) is 12.6. The number of aliphatic hydroxyl groups is 3. The van der Waals surface area contributed by atoms with E-state index in [0.717, 1.165) is 68.9 Å². The fraction of sp³-hybridized carbons (Fsp3) is 0.903. The Kier molecular flexibility index (Phi) is 8.56. The summed E-state index contributed by atoms with van der Waals surface area (Å²) in [5.74, 6) is 2.08. The second-order valence-corrected chi connectivity index (χ2v) is 14.5. The highest BCUT2D eigenvalue weighted by molar-refractivity contribution is 5.75. The van der Waals surface area contributed by atoms with Crippen molar-refractivity contribution >= 4 is 5.91 Å². The van der Waals surface area contributed by atoms with E-state index in [9.17, 15) is 20.1 Å². The summed E-state index contributed by atoms with van der Waals surface area (Å²) in [5.41, 5.74) is -0.103. The predicted molar refractivity (Wildman–Crippen MR) is 147 cm³/mol. The molecule has 4 rings (SSSR count). The van der Waals surface area contributed by atoms with Crippen LogP contribution in [0.3, 0.4) is 0 Å². The summed E-state index contributed by atoms with van der Waals surface area (Å²) in [6.45, 7) is 13.2. The number of amides is 1. The lowest BCUT2D eigenvalue weighted by Gasteiger charge is -2.63. The van der Waals surface area contributed by atoms with Gasteiger partial charge in [-0.3, -0.25) is 4.79 Å². The number of rotatable bonds is 9. The van der Waals surface area contributed by atoms with Crippen LogP contribution < -0.4 is 5.32 Å². The number of carbonyl (C=O) groups is 1. The molecular formula is C31H55N2O4+. The van der Waals surface area contributed by atoms with Gasteiger partial charge in [-0.2, -0.15) is 0 Å². The van der Waals surface area contributed by atoms with Crippen molar-refractivity contribution in [1.82, 2.24) is 5.32 Å². The molecule has 4 N–H and O–H groups in total. The van der Waals surface area contributed by atoms with Gasteiger partial charge in [0.25, 0.3) is 0 Å². The molecule has 5 unspecified atom stereocenters. The molecule has 0 aromatic carbocycles. The Morgan fingerprint density at radius 3 is 2.54 bits per heavy atom. The second-order valence-electron chi connectivity index (χ2n) is 14.5. The van der Waals surface area contributed by atoms with Crippen LogP contribution in [0.5, 0.6) is 0 Å². The standard InChI is InChI=1S/C31H54N2O4/c1-7-15-33(5,6)16-14-32-28(37)11-8-20(2)23-9-10-24-29-25(19-27(36)31(23,24)4)30(3)13-12-22(34)17-21(30)18-26(29)35/h7,20-27,29,34-36H,1,8-19H2,2-6H3/p+1/t20-,21?,22-,23-,24?,25?,26?,27+,29?,30+,31-/m1/s1. The Balaban J connectivity index is 1.38. The molecule has 1 amide bonds. The molecule has 37 heavy (non-hydrogen) atoms. The van der Waals surface area contributed by atoms with Gasteiger partial charge in [-0.05, 0) is 104 Å². The van der Waals surface area contributed by atoms with Crippen LogP contribution in [0.25, 0.3) is 0 Å². The van der Waals surface area contributed by atoms with E-state index >= 15 is 0 Å². The fourth-order valence-electron chi connectivity index (χ4n) is 9.72. The number of hydrogen-bond donors (Lipinski definition) is 4. The van der Waals surface area contributed by atoms with Crippen LogP contribution in [0.4, 0.5) is 0 Å². The topological polar surface area (TPSA) is 89.8 Å². The van der Waals surface area contributed by atoms with Gasteiger partial charge in [0.2, 0.25) is 5.91 Å². The maximum Gasteiger partial charge on any atom is 0.220 e. The molecule has 0 heterocycles. The Morgan fingerprint density at radius 2 is 1.84 bits per heavy atom. The van der Waals surface area contributed by atoms with Crippen LogP contribution in [-0.2, 0) is 4.79 Å². The van der Waals surface area contributed by atoms with Crippen molar-refractivity contribution in [2.24, 2.45) is 46.3 Å². The largest absolute Gasteiger partial charge is 0.393 e. The van der Waals surface area contributed by atoms with Crippen molar-refractivity contribution in [2.45, 2.75) is 96.9 Å². The van der Waals surface area contributed by atoms with Gasteiger partial charge in [-0.25, -0.2) is 0 Å². The zero-order chi connectivity index (χ0) is 27.2. The average molecular weight is 520 g/mol. The molecule has 212 valence electrons. The molecule has 6 nitrogen and oxygen atoms in total. The molecule has 0 saturated heterocycles. The van der Waals surface area contributed by atoms with Crippen molar-refractivity contribution < 1.29 is 24.6 Å². The highest BCUT2D eigenvalue weighted by Gasteiger charge is 2.65. The third kappa shape index (κ3) is 5.42. The highest BCUT2D eigenvalue weighted by atomic mass is 16.3. The summed E-state index contributed by atoms with van der Waals surface area (Å²) in [7, 11) is 4.29. The lowest BCUT2D eigenvalue weighted by Crippen LogP contribution is -2.62. The molecule has 6 heteroatoms. The zero-order valence-corrected chi connectivity index (χ0v) is 24.2. The van der Waals surface area contributed by atoms with E-state index in [4.69, 9.17) is 0 Å². The quantitative estimate of drug-likeness (QED) is 0.276. The minimum atomic E-state index is -0.373. The first kappa shape index (κ1) is 29.0. The van der Waals surface area contributed by atoms with E-state index in [1.807, 2.05) is 6.08 Å². The van der Waals surface area contributed by atoms with Crippen molar-refractivity contribution in [2.75, 3.05) is 33.7 Å². The van der Waals surface area contributed by atoms with E-state index in [2.05, 4.69) is 46.8 Å². The summed E-state index contributed by atoms with van der Waals surface area (Å²) in [5, 5.41) is 36.6. The van der Waals surface area contributed by atoms with Crippen molar-refractivity contribution in [1.29, 1.82) is 0 Å². The van der Waals surface area contributed by atoms with E-state index in [-0.39, 0.29) is 41.0 Å². The first-order valence-corrected chi connectivity index (χ1v) is 15.1. The lowest BCUT2D eigenvalue weighted by molar-refractivity contribution is -0.883. The Bertz CT molecular complexity index is 832. The average Bonchev–Trinajstić information content (AvgIpc) is 3.17. The van der Waals surface area contributed by atoms with E-state index in [0.29, 0.717) is 42.6 Å². The second kappa shape index (κ2) is 10.9. The molecule has 0 aromatic rings. The molecule has 0 aliphatic heterocycles. The number of likely N-dealkylation sites (N-methyl/N-ethyl adjacent to an activating group) is 1. The van der Waals surface area contributed by atoms with Crippen molar-refractivity contribution in [3.8, 4) is 0 Å². The third-order valence-electron chi connectivity index (χ3n) is 12.0. The van der Waals surface area contributed by atoms with Crippen molar-refractivity contribution in [3.63, 3.8) is 0 Å². The number of carbonyl (C=O) groups excluding carboxylic acids is 1. The predicted octanol–water partition coefficient (Wildman–Crippen LogP) is 3.74. The number of hydrogen-bond acceptors (Lipinski definition) is 4. The molecule has 4 fully saturated rings. The summed E-state index contributed by atoms with van der Waals surface area (Å²) in [6, 6.07) is 0. The normalized spacial score (nSPS) is 44.3. The minimum absolute atomic E-state index is 0.103. The van der Waals surface area contributed by atoms with Gasteiger partial charge in [0.15, 0.2) is 0 Å². The maximum atomic E-state index is 12.6. The first-order chi connectivity index (χ1) is 17.3. The Hall–Kier alpha value is -0.950. The van der Waals surface area contributed by atoms with E-state index in [1.165, 1.54) is 0 Å². The first-order valence-electron chi connectivity index (χ1n) is 15.1. The van der Waals surface area contributed by atoms with Gasteiger partial charge in [0.1, 0.15) is 0 Å². The minimum Gasteiger partial charge on any atom is -0.393 e. The molecule has 0 spiro atoms. The van der Waals surface area contributed by atoms with Gasteiger partial charge in [0.05, 0.1) is 52.0 Å². The van der Waals surface area contributed by atoms with E-state index < -0.39 is 0 Å². The van der Waals surface area contributed by atoms with Crippen LogP contribution in [-0.4, -0.2) is 77.8 Å². The smallest absolute Gasteiger partial charge is 0.220 e. The monoisotopic (exact) mass is 519 g/mol. The third-order valence-corrected chi connectivity index (χ3v) is 12.0. The number of quaternary nitrogens is 1. The summed E-state index contributed by atoms with van der Waals surface area (Å²) < 4.78 is 0.814.